The van der Waals surface area contributed by atoms with Gasteiger partial charge in [0.25, 0.3) is 0 Å². The molecule has 1 aliphatic rings. The van der Waals surface area contributed by atoms with E-state index in [1.807, 2.05) is 0 Å². The summed E-state index contributed by atoms with van der Waals surface area (Å²) in [6.07, 6.45) is 4.86. The largest absolute Gasteiger partial charge is 0.378 e. The SMILES string of the molecule is CCCOC1CC(Cl)C1(CC)CC. The van der Waals surface area contributed by atoms with Crippen molar-refractivity contribution in [1.29, 1.82) is 0 Å². The van der Waals surface area contributed by atoms with Gasteiger partial charge in [-0.3, -0.25) is 0 Å². The molecule has 0 aromatic heterocycles. The second kappa shape index (κ2) is 4.65. The molecule has 0 spiro atoms. The smallest absolute Gasteiger partial charge is 0.0659 e. The first-order valence-electron chi connectivity index (χ1n) is 5.46. The number of halogens is 1. The zero-order valence-electron chi connectivity index (χ0n) is 8.98. The minimum absolute atomic E-state index is 0.275. The van der Waals surface area contributed by atoms with E-state index in [1.165, 1.54) is 0 Å². The molecule has 2 heteroatoms. The molecule has 0 radical (unpaired) electrons. The van der Waals surface area contributed by atoms with Crippen molar-refractivity contribution in [1.82, 2.24) is 0 Å². The van der Waals surface area contributed by atoms with Crippen molar-refractivity contribution in [3.05, 3.63) is 0 Å². The summed E-state index contributed by atoms with van der Waals surface area (Å²) >= 11 is 6.27. The van der Waals surface area contributed by atoms with Crippen LogP contribution in [0, 0.1) is 5.41 Å². The first-order valence-corrected chi connectivity index (χ1v) is 5.90. The van der Waals surface area contributed by atoms with E-state index in [-0.39, 0.29) is 5.41 Å². The fourth-order valence-electron chi connectivity index (χ4n) is 2.34. The van der Waals surface area contributed by atoms with Crippen LogP contribution >= 0.6 is 11.6 Å². The molecule has 1 nitrogen and oxygen atoms in total. The molecule has 1 aliphatic carbocycles. The highest BCUT2D eigenvalue weighted by Gasteiger charge is 2.52. The average Bonchev–Trinajstić information content (AvgIpc) is 2.14. The Bertz CT molecular complexity index is 154. The second-order valence-corrected chi connectivity index (χ2v) is 4.53. The highest BCUT2D eigenvalue weighted by atomic mass is 35.5. The van der Waals surface area contributed by atoms with E-state index < -0.39 is 0 Å². The molecule has 1 rings (SSSR count). The zero-order valence-corrected chi connectivity index (χ0v) is 9.73. The summed E-state index contributed by atoms with van der Waals surface area (Å²) in [5.74, 6) is 0. The average molecular weight is 205 g/mol. The van der Waals surface area contributed by atoms with Crippen molar-refractivity contribution in [2.24, 2.45) is 5.41 Å². The van der Waals surface area contributed by atoms with Crippen molar-refractivity contribution >= 4 is 11.6 Å². The molecular formula is C11H21ClO. The van der Waals surface area contributed by atoms with Crippen molar-refractivity contribution in [3.63, 3.8) is 0 Å². The van der Waals surface area contributed by atoms with E-state index in [4.69, 9.17) is 16.3 Å². The van der Waals surface area contributed by atoms with Gasteiger partial charge >= 0.3 is 0 Å². The lowest BCUT2D eigenvalue weighted by Gasteiger charge is -2.52. The summed E-state index contributed by atoms with van der Waals surface area (Å²) in [5.41, 5.74) is 0.275. The highest BCUT2D eigenvalue weighted by molar-refractivity contribution is 6.21. The van der Waals surface area contributed by atoms with Gasteiger partial charge in [0.1, 0.15) is 0 Å². The molecule has 0 aliphatic heterocycles. The number of rotatable bonds is 5. The summed E-state index contributed by atoms with van der Waals surface area (Å²) in [6, 6.07) is 0. The minimum Gasteiger partial charge on any atom is -0.378 e. The Labute approximate surface area is 86.8 Å². The summed E-state index contributed by atoms with van der Waals surface area (Å²) < 4.78 is 5.81. The first-order chi connectivity index (χ1) is 6.21. The molecular weight excluding hydrogens is 184 g/mol. The maximum Gasteiger partial charge on any atom is 0.0659 e. The van der Waals surface area contributed by atoms with Gasteiger partial charge in [0.15, 0.2) is 0 Å². The molecule has 1 saturated carbocycles. The number of alkyl halides is 1. The van der Waals surface area contributed by atoms with Crippen LogP contribution in [0.15, 0.2) is 0 Å². The van der Waals surface area contributed by atoms with Crippen LogP contribution in [0.1, 0.15) is 46.5 Å². The molecule has 0 heterocycles. The van der Waals surface area contributed by atoms with Crippen LogP contribution in [0.25, 0.3) is 0 Å². The predicted molar refractivity (Wildman–Crippen MR) is 57.3 cm³/mol. The van der Waals surface area contributed by atoms with E-state index in [0.717, 1.165) is 32.3 Å². The van der Waals surface area contributed by atoms with Crippen molar-refractivity contribution < 1.29 is 4.74 Å². The van der Waals surface area contributed by atoms with Gasteiger partial charge in [0, 0.05) is 17.4 Å². The molecule has 0 N–H and O–H groups in total. The molecule has 1 fully saturated rings. The molecule has 0 aromatic carbocycles. The van der Waals surface area contributed by atoms with Gasteiger partial charge in [-0.05, 0) is 25.7 Å². The molecule has 78 valence electrons. The fourth-order valence-corrected chi connectivity index (χ4v) is 2.95. The van der Waals surface area contributed by atoms with E-state index in [1.54, 1.807) is 0 Å². The van der Waals surface area contributed by atoms with E-state index in [9.17, 15) is 0 Å². The monoisotopic (exact) mass is 204 g/mol. The summed E-state index contributed by atoms with van der Waals surface area (Å²) in [5, 5.41) is 0.337. The molecule has 2 unspecified atom stereocenters. The van der Waals surface area contributed by atoms with Crippen LogP contribution in [0.2, 0.25) is 0 Å². The third-order valence-corrected chi connectivity index (χ3v) is 4.14. The first kappa shape index (κ1) is 11.3. The summed E-state index contributed by atoms with van der Waals surface area (Å²) in [7, 11) is 0. The third-order valence-electron chi connectivity index (χ3n) is 3.53. The summed E-state index contributed by atoms with van der Waals surface area (Å²) in [6.45, 7) is 7.48. The maximum atomic E-state index is 6.27. The number of hydrogen-bond donors (Lipinski definition) is 0. The Hall–Kier alpha value is 0.250. The van der Waals surface area contributed by atoms with Gasteiger partial charge < -0.3 is 4.74 Å². The lowest BCUT2D eigenvalue weighted by Crippen LogP contribution is -2.55. The number of ether oxygens (including phenoxy) is 1. The second-order valence-electron chi connectivity index (χ2n) is 4.00. The summed E-state index contributed by atoms with van der Waals surface area (Å²) in [4.78, 5) is 0. The van der Waals surface area contributed by atoms with Crippen LogP contribution in [-0.2, 0) is 4.74 Å². The van der Waals surface area contributed by atoms with E-state index >= 15 is 0 Å². The Morgan fingerprint density at radius 3 is 2.31 bits per heavy atom. The maximum absolute atomic E-state index is 6.27. The lowest BCUT2D eigenvalue weighted by atomic mass is 9.62. The standard InChI is InChI=1S/C11H21ClO/c1-4-7-13-10-8-9(12)11(10,5-2)6-3/h9-10H,4-8H2,1-3H3. The highest BCUT2D eigenvalue weighted by Crippen LogP contribution is 2.51. The normalized spacial score (nSPS) is 31.4. The lowest BCUT2D eigenvalue weighted by molar-refractivity contribution is -0.111. The minimum atomic E-state index is 0.275. The molecule has 0 aromatic rings. The molecule has 13 heavy (non-hydrogen) atoms. The van der Waals surface area contributed by atoms with Gasteiger partial charge in [0.05, 0.1) is 6.10 Å². The predicted octanol–water partition coefficient (Wildman–Crippen LogP) is 3.60. The van der Waals surface area contributed by atoms with Crippen LogP contribution < -0.4 is 0 Å². The van der Waals surface area contributed by atoms with Gasteiger partial charge in [-0.15, -0.1) is 11.6 Å². The Balaban J connectivity index is 2.48. The van der Waals surface area contributed by atoms with Crippen LogP contribution in [-0.4, -0.2) is 18.1 Å². The zero-order chi connectivity index (χ0) is 9.90. The third kappa shape index (κ3) is 1.87. The Kier molecular flexibility index (Phi) is 4.06. The molecule has 0 saturated heterocycles. The topological polar surface area (TPSA) is 9.23 Å². The van der Waals surface area contributed by atoms with E-state index in [0.29, 0.717) is 11.5 Å². The van der Waals surface area contributed by atoms with Crippen LogP contribution in [0.3, 0.4) is 0 Å². The fraction of sp³-hybridized carbons (Fsp3) is 1.00. The van der Waals surface area contributed by atoms with Crippen molar-refractivity contribution in [2.75, 3.05) is 6.61 Å². The van der Waals surface area contributed by atoms with Gasteiger partial charge in [-0.25, -0.2) is 0 Å². The molecule has 2 atom stereocenters. The van der Waals surface area contributed by atoms with Crippen molar-refractivity contribution in [3.8, 4) is 0 Å². The van der Waals surface area contributed by atoms with Crippen molar-refractivity contribution in [2.45, 2.75) is 57.9 Å². The Morgan fingerprint density at radius 2 is 1.92 bits per heavy atom. The van der Waals surface area contributed by atoms with Crippen LogP contribution in [0.5, 0.6) is 0 Å². The van der Waals surface area contributed by atoms with Gasteiger partial charge in [0.2, 0.25) is 0 Å². The number of hydrogen-bond acceptors (Lipinski definition) is 1. The van der Waals surface area contributed by atoms with Crippen LogP contribution in [0.4, 0.5) is 0 Å². The van der Waals surface area contributed by atoms with Gasteiger partial charge in [-0.1, -0.05) is 20.8 Å². The van der Waals surface area contributed by atoms with Gasteiger partial charge in [-0.2, -0.15) is 0 Å². The quantitative estimate of drug-likeness (QED) is 0.622. The molecule has 0 bridgehead atoms. The molecule has 0 amide bonds. The van der Waals surface area contributed by atoms with E-state index in [2.05, 4.69) is 20.8 Å². The Morgan fingerprint density at radius 1 is 1.31 bits per heavy atom.